The molecule has 2 N–H and O–H groups in total. The summed E-state index contributed by atoms with van der Waals surface area (Å²) in [6.07, 6.45) is 0. The Morgan fingerprint density at radius 2 is 1.17 bits per heavy atom. The van der Waals surface area contributed by atoms with E-state index in [1.807, 2.05) is 84.9 Å². The van der Waals surface area contributed by atoms with Gasteiger partial charge in [-0.1, -0.05) is 60.7 Å². The van der Waals surface area contributed by atoms with Crippen molar-refractivity contribution in [1.82, 2.24) is 0 Å². The van der Waals surface area contributed by atoms with Crippen LogP contribution in [0.3, 0.4) is 0 Å². The van der Waals surface area contributed by atoms with Gasteiger partial charge in [0.25, 0.3) is 0 Å². The Bertz CT molecular complexity index is 768. The molecule has 3 rings (SSSR count). The first-order valence-electron chi connectivity index (χ1n) is 7.41. The van der Waals surface area contributed by atoms with Gasteiger partial charge >= 0.3 is 0 Å². The van der Waals surface area contributed by atoms with Crippen LogP contribution in [0, 0.1) is 0 Å². The highest BCUT2D eigenvalue weighted by atomic mass is 16.5. The minimum atomic E-state index is -0.457. The molecule has 0 spiro atoms. The third-order valence-electron chi connectivity index (χ3n) is 3.61. The smallest absolute Gasteiger partial charge is 0.229 e. The molecule has 0 aliphatic heterocycles. The lowest BCUT2D eigenvalue weighted by molar-refractivity contribution is -0.118. The zero-order valence-corrected chi connectivity index (χ0v) is 12.6. The van der Waals surface area contributed by atoms with Crippen molar-refractivity contribution in [2.45, 2.75) is 5.92 Å². The number of primary amides is 1. The fourth-order valence-electron chi connectivity index (χ4n) is 2.52. The molecule has 3 nitrogen and oxygen atoms in total. The number of hydrogen-bond donors (Lipinski definition) is 1. The molecule has 0 saturated heterocycles. The monoisotopic (exact) mass is 303 g/mol. The number of ether oxygens (including phenoxy) is 1. The van der Waals surface area contributed by atoms with Gasteiger partial charge in [0.05, 0.1) is 5.92 Å². The second-order valence-corrected chi connectivity index (χ2v) is 5.23. The van der Waals surface area contributed by atoms with E-state index in [9.17, 15) is 4.79 Å². The van der Waals surface area contributed by atoms with Crippen LogP contribution in [0.1, 0.15) is 17.0 Å². The van der Waals surface area contributed by atoms with Gasteiger partial charge in [-0.3, -0.25) is 4.79 Å². The van der Waals surface area contributed by atoms with Crippen LogP contribution in [0.25, 0.3) is 0 Å². The van der Waals surface area contributed by atoms with Crippen molar-refractivity contribution in [3.8, 4) is 11.5 Å². The first kappa shape index (κ1) is 14.9. The van der Waals surface area contributed by atoms with Gasteiger partial charge in [-0.05, 0) is 35.4 Å². The minimum absolute atomic E-state index is 0.368. The number of rotatable bonds is 5. The highest BCUT2D eigenvalue weighted by Gasteiger charge is 2.19. The molecule has 0 heterocycles. The number of para-hydroxylation sites is 1. The van der Waals surface area contributed by atoms with Crippen molar-refractivity contribution in [3.05, 3.63) is 96.1 Å². The fraction of sp³-hybridized carbons (Fsp3) is 0.0500. The molecule has 0 aliphatic rings. The average molecular weight is 303 g/mol. The topological polar surface area (TPSA) is 52.3 Å². The second-order valence-electron chi connectivity index (χ2n) is 5.23. The van der Waals surface area contributed by atoms with E-state index < -0.39 is 5.92 Å². The van der Waals surface area contributed by atoms with E-state index in [-0.39, 0.29) is 5.91 Å². The standard InChI is InChI=1S/C20H17NO2/c21-20(22)19(15-7-3-1-4-8-15)16-11-13-18(14-12-16)23-17-9-5-2-6-10-17/h1-14,19H,(H2,21,22). The molecule has 3 heteroatoms. The van der Waals surface area contributed by atoms with Gasteiger partial charge in [-0.2, -0.15) is 0 Å². The molecular weight excluding hydrogens is 286 g/mol. The molecule has 1 atom stereocenters. The van der Waals surface area contributed by atoms with Crippen LogP contribution in [0.5, 0.6) is 11.5 Å². The van der Waals surface area contributed by atoms with Crippen LogP contribution < -0.4 is 10.5 Å². The molecule has 114 valence electrons. The number of benzene rings is 3. The van der Waals surface area contributed by atoms with Crippen LogP contribution in [0.2, 0.25) is 0 Å². The van der Waals surface area contributed by atoms with Crippen LogP contribution in [-0.2, 0) is 4.79 Å². The van der Waals surface area contributed by atoms with Gasteiger partial charge in [0, 0.05) is 0 Å². The Balaban J connectivity index is 1.84. The van der Waals surface area contributed by atoms with Gasteiger partial charge in [0.1, 0.15) is 11.5 Å². The maximum absolute atomic E-state index is 11.9. The minimum Gasteiger partial charge on any atom is -0.457 e. The average Bonchev–Trinajstić information content (AvgIpc) is 2.58. The molecule has 1 unspecified atom stereocenters. The number of amides is 1. The Labute approximate surface area is 135 Å². The predicted molar refractivity (Wildman–Crippen MR) is 90.4 cm³/mol. The fourth-order valence-corrected chi connectivity index (χ4v) is 2.52. The van der Waals surface area contributed by atoms with Crippen molar-refractivity contribution in [1.29, 1.82) is 0 Å². The normalized spacial score (nSPS) is 11.7. The molecule has 0 aliphatic carbocycles. The highest BCUT2D eigenvalue weighted by Crippen LogP contribution is 2.27. The Kier molecular flexibility index (Phi) is 4.39. The summed E-state index contributed by atoms with van der Waals surface area (Å²) in [6, 6.07) is 26.5. The van der Waals surface area contributed by atoms with Gasteiger partial charge in [0.15, 0.2) is 0 Å². The molecule has 0 bridgehead atoms. The Hall–Kier alpha value is -3.07. The molecule has 0 fully saturated rings. The van der Waals surface area contributed by atoms with E-state index in [1.165, 1.54) is 0 Å². The lowest BCUT2D eigenvalue weighted by Crippen LogP contribution is -2.22. The Morgan fingerprint density at radius 3 is 1.74 bits per heavy atom. The van der Waals surface area contributed by atoms with Crippen LogP contribution in [0.15, 0.2) is 84.9 Å². The summed E-state index contributed by atoms with van der Waals surface area (Å²) in [5.41, 5.74) is 7.33. The van der Waals surface area contributed by atoms with Gasteiger partial charge in [0.2, 0.25) is 5.91 Å². The summed E-state index contributed by atoms with van der Waals surface area (Å²) >= 11 is 0. The first-order chi connectivity index (χ1) is 11.2. The molecule has 3 aromatic carbocycles. The number of carbonyl (C=O) groups is 1. The lowest BCUT2D eigenvalue weighted by Gasteiger charge is -2.15. The van der Waals surface area contributed by atoms with Gasteiger partial charge in [-0.15, -0.1) is 0 Å². The predicted octanol–water partition coefficient (Wildman–Crippen LogP) is 4.10. The third kappa shape index (κ3) is 3.58. The van der Waals surface area contributed by atoms with E-state index >= 15 is 0 Å². The second kappa shape index (κ2) is 6.79. The summed E-state index contributed by atoms with van der Waals surface area (Å²) in [6.45, 7) is 0. The summed E-state index contributed by atoms with van der Waals surface area (Å²) in [7, 11) is 0. The van der Waals surface area contributed by atoms with Gasteiger partial charge < -0.3 is 10.5 Å². The molecule has 1 amide bonds. The van der Waals surface area contributed by atoms with E-state index in [2.05, 4.69) is 0 Å². The van der Waals surface area contributed by atoms with Crippen LogP contribution in [0.4, 0.5) is 0 Å². The molecule has 0 radical (unpaired) electrons. The van der Waals surface area contributed by atoms with Crippen LogP contribution in [-0.4, -0.2) is 5.91 Å². The van der Waals surface area contributed by atoms with Crippen molar-refractivity contribution < 1.29 is 9.53 Å². The van der Waals surface area contributed by atoms with Gasteiger partial charge in [-0.25, -0.2) is 0 Å². The molecule has 3 aromatic rings. The number of carbonyl (C=O) groups excluding carboxylic acids is 1. The van der Waals surface area contributed by atoms with E-state index in [4.69, 9.17) is 10.5 Å². The first-order valence-corrected chi connectivity index (χ1v) is 7.41. The zero-order chi connectivity index (χ0) is 16.1. The van der Waals surface area contributed by atoms with Crippen LogP contribution >= 0.6 is 0 Å². The quantitative estimate of drug-likeness (QED) is 0.771. The van der Waals surface area contributed by atoms with E-state index in [0.29, 0.717) is 0 Å². The molecule has 0 saturated carbocycles. The summed E-state index contributed by atoms with van der Waals surface area (Å²) in [5, 5.41) is 0. The third-order valence-corrected chi connectivity index (χ3v) is 3.61. The number of hydrogen-bond acceptors (Lipinski definition) is 2. The summed E-state index contributed by atoms with van der Waals surface area (Å²) in [5.74, 6) is 0.667. The van der Waals surface area contributed by atoms with Crippen molar-refractivity contribution in [2.75, 3.05) is 0 Å². The molecule has 0 aromatic heterocycles. The van der Waals surface area contributed by atoms with Crippen molar-refractivity contribution in [2.24, 2.45) is 5.73 Å². The maximum atomic E-state index is 11.9. The molecule has 23 heavy (non-hydrogen) atoms. The SMILES string of the molecule is NC(=O)C(c1ccccc1)c1ccc(Oc2ccccc2)cc1. The van der Waals surface area contributed by atoms with Crippen molar-refractivity contribution >= 4 is 5.91 Å². The zero-order valence-electron chi connectivity index (χ0n) is 12.6. The van der Waals surface area contributed by atoms with E-state index in [0.717, 1.165) is 22.6 Å². The van der Waals surface area contributed by atoms with Crippen molar-refractivity contribution in [3.63, 3.8) is 0 Å². The lowest BCUT2D eigenvalue weighted by atomic mass is 9.91. The highest BCUT2D eigenvalue weighted by molar-refractivity contribution is 5.85. The summed E-state index contributed by atoms with van der Waals surface area (Å²) < 4.78 is 5.76. The maximum Gasteiger partial charge on any atom is 0.229 e. The Morgan fingerprint density at radius 1 is 0.696 bits per heavy atom. The van der Waals surface area contributed by atoms with E-state index in [1.54, 1.807) is 0 Å². The molecular formula is C20H17NO2. The number of nitrogens with two attached hydrogens (primary N) is 1. The summed E-state index contributed by atoms with van der Waals surface area (Å²) in [4.78, 5) is 11.9. The largest absolute Gasteiger partial charge is 0.457 e.